The highest BCUT2D eigenvalue weighted by Crippen LogP contribution is 2.29. The number of amides is 1. The minimum atomic E-state index is -0.355. The van der Waals surface area contributed by atoms with Crippen molar-refractivity contribution in [2.75, 3.05) is 5.32 Å². The third kappa shape index (κ3) is 3.09. The van der Waals surface area contributed by atoms with E-state index in [-0.39, 0.29) is 16.6 Å². The number of halogens is 2. The fourth-order valence-electron chi connectivity index (χ4n) is 2.67. The summed E-state index contributed by atoms with van der Waals surface area (Å²) >= 11 is 9.41. The zero-order valence-corrected chi connectivity index (χ0v) is 15.7. The molecule has 1 amide bonds. The van der Waals surface area contributed by atoms with Gasteiger partial charge in [0.15, 0.2) is 0 Å². The number of carbonyl (C=O) groups is 1. The van der Waals surface area contributed by atoms with Crippen LogP contribution in [0.25, 0.3) is 16.9 Å². The number of fused-ring (bicyclic) bond motifs is 1. The van der Waals surface area contributed by atoms with Gasteiger partial charge in [0, 0.05) is 22.4 Å². The van der Waals surface area contributed by atoms with Crippen LogP contribution >= 0.6 is 27.5 Å². The van der Waals surface area contributed by atoms with Gasteiger partial charge in [-0.3, -0.25) is 9.20 Å². The zero-order valence-electron chi connectivity index (χ0n) is 13.4. The maximum atomic E-state index is 12.8. The second-order valence-electron chi connectivity index (χ2n) is 5.55. The summed E-state index contributed by atoms with van der Waals surface area (Å²) in [7, 11) is 0. The zero-order chi connectivity index (χ0) is 18.1. The third-order valence-electron chi connectivity index (χ3n) is 3.86. The van der Waals surface area contributed by atoms with Gasteiger partial charge in [-0.05, 0) is 34.1 Å². The minimum absolute atomic E-state index is 0.140. The molecule has 5 nitrogen and oxygen atoms in total. The first-order valence-electron chi connectivity index (χ1n) is 7.78. The number of aromatic nitrogens is 3. The van der Waals surface area contributed by atoms with Gasteiger partial charge in [-0.2, -0.15) is 0 Å². The molecule has 0 atom stereocenters. The highest BCUT2D eigenvalue weighted by Gasteiger charge is 2.19. The predicted octanol–water partition coefficient (Wildman–Crippen LogP) is 5.06. The fraction of sp³-hybridized carbons (Fsp3) is 0. The number of anilines is 1. The van der Waals surface area contributed by atoms with Crippen molar-refractivity contribution in [2.24, 2.45) is 0 Å². The van der Waals surface area contributed by atoms with Crippen molar-refractivity contribution >= 4 is 44.9 Å². The Bertz CT molecular complexity index is 1110. The van der Waals surface area contributed by atoms with Gasteiger partial charge in [0.1, 0.15) is 22.3 Å². The molecule has 0 saturated heterocycles. The lowest BCUT2D eigenvalue weighted by atomic mass is 10.1. The molecule has 1 aromatic carbocycles. The van der Waals surface area contributed by atoms with Crippen molar-refractivity contribution in [3.63, 3.8) is 0 Å². The molecule has 0 radical (unpaired) electrons. The average Bonchev–Trinajstić information content (AvgIpc) is 3.03. The van der Waals surface area contributed by atoms with Crippen LogP contribution in [0.1, 0.15) is 10.4 Å². The van der Waals surface area contributed by atoms with Crippen LogP contribution in [-0.4, -0.2) is 20.3 Å². The number of nitrogens with zero attached hydrogens (tertiary/aromatic N) is 3. The normalized spacial score (nSPS) is 10.8. The second-order valence-corrected chi connectivity index (χ2v) is 6.82. The third-order valence-corrected chi connectivity index (χ3v) is 4.59. The smallest absolute Gasteiger partial charge is 0.260 e. The Labute approximate surface area is 162 Å². The van der Waals surface area contributed by atoms with E-state index in [1.54, 1.807) is 12.3 Å². The monoisotopic (exact) mass is 426 g/mol. The van der Waals surface area contributed by atoms with Crippen LogP contribution in [0.15, 0.2) is 71.5 Å². The van der Waals surface area contributed by atoms with Crippen LogP contribution in [0, 0.1) is 0 Å². The summed E-state index contributed by atoms with van der Waals surface area (Å²) in [5, 5.41) is 3.07. The van der Waals surface area contributed by atoms with E-state index >= 15 is 0 Å². The van der Waals surface area contributed by atoms with E-state index in [9.17, 15) is 4.79 Å². The van der Waals surface area contributed by atoms with Crippen LogP contribution in [0.5, 0.6) is 0 Å². The summed E-state index contributed by atoms with van der Waals surface area (Å²) in [6.45, 7) is 0. The average molecular weight is 428 g/mol. The molecular formula is C19H12BrClN4O. The first-order chi connectivity index (χ1) is 12.6. The first kappa shape index (κ1) is 16.8. The summed E-state index contributed by atoms with van der Waals surface area (Å²) in [5.41, 5.74) is 2.61. The molecule has 7 heteroatoms. The Balaban J connectivity index is 1.83. The van der Waals surface area contributed by atoms with E-state index in [0.717, 1.165) is 11.2 Å². The predicted molar refractivity (Wildman–Crippen MR) is 106 cm³/mol. The number of rotatable bonds is 3. The summed E-state index contributed by atoms with van der Waals surface area (Å²) in [4.78, 5) is 21.5. The van der Waals surface area contributed by atoms with E-state index in [1.165, 1.54) is 0 Å². The largest absolute Gasteiger partial charge is 0.306 e. The van der Waals surface area contributed by atoms with Gasteiger partial charge in [-0.25, -0.2) is 9.97 Å². The van der Waals surface area contributed by atoms with Crippen molar-refractivity contribution in [2.45, 2.75) is 0 Å². The van der Waals surface area contributed by atoms with Gasteiger partial charge in [-0.1, -0.05) is 48.0 Å². The van der Waals surface area contributed by atoms with Crippen molar-refractivity contribution in [3.8, 4) is 11.3 Å². The van der Waals surface area contributed by atoms with E-state index in [2.05, 4.69) is 31.2 Å². The number of carbonyl (C=O) groups excluding carboxylic acids is 1. The number of imidazole rings is 1. The lowest BCUT2D eigenvalue weighted by Crippen LogP contribution is -2.15. The molecule has 0 spiro atoms. The topological polar surface area (TPSA) is 59.3 Å². The molecule has 4 aromatic rings. The Hall–Kier alpha value is -2.70. The van der Waals surface area contributed by atoms with Crippen LogP contribution in [-0.2, 0) is 0 Å². The van der Waals surface area contributed by atoms with E-state index < -0.39 is 0 Å². The Morgan fingerprint density at radius 1 is 1.12 bits per heavy atom. The Morgan fingerprint density at radius 3 is 2.69 bits per heavy atom. The van der Waals surface area contributed by atoms with Gasteiger partial charge in [0.2, 0.25) is 0 Å². The van der Waals surface area contributed by atoms with Crippen LogP contribution in [0.3, 0.4) is 0 Å². The van der Waals surface area contributed by atoms with Crippen LogP contribution in [0.4, 0.5) is 5.82 Å². The number of hydrogen-bond donors (Lipinski definition) is 1. The highest BCUT2D eigenvalue weighted by atomic mass is 79.9. The van der Waals surface area contributed by atoms with Crippen molar-refractivity contribution in [3.05, 3.63) is 82.2 Å². The van der Waals surface area contributed by atoms with E-state index in [1.807, 2.05) is 59.1 Å². The van der Waals surface area contributed by atoms with Crippen LogP contribution in [0.2, 0.25) is 5.15 Å². The lowest BCUT2D eigenvalue weighted by molar-refractivity contribution is 0.102. The summed E-state index contributed by atoms with van der Waals surface area (Å²) in [6, 6.07) is 17.0. The molecular weight excluding hydrogens is 416 g/mol. The Kier molecular flexibility index (Phi) is 4.44. The lowest BCUT2D eigenvalue weighted by Gasteiger charge is -2.09. The van der Waals surface area contributed by atoms with Gasteiger partial charge in [0.25, 0.3) is 5.91 Å². The molecule has 4 rings (SSSR count). The molecule has 3 aromatic heterocycles. The number of hydrogen-bond acceptors (Lipinski definition) is 3. The van der Waals surface area contributed by atoms with Gasteiger partial charge < -0.3 is 5.32 Å². The minimum Gasteiger partial charge on any atom is -0.306 e. The molecule has 3 heterocycles. The van der Waals surface area contributed by atoms with E-state index in [4.69, 9.17) is 11.6 Å². The van der Waals surface area contributed by atoms with Crippen molar-refractivity contribution in [1.82, 2.24) is 14.4 Å². The highest BCUT2D eigenvalue weighted by molar-refractivity contribution is 9.10. The molecule has 0 aliphatic carbocycles. The maximum Gasteiger partial charge on any atom is 0.260 e. The molecule has 1 N–H and O–H groups in total. The summed E-state index contributed by atoms with van der Waals surface area (Å²) < 4.78 is 2.51. The summed E-state index contributed by atoms with van der Waals surface area (Å²) in [6.07, 6.45) is 3.40. The molecule has 0 fully saturated rings. The van der Waals surface area contributed by atoms with Gasteiger partial charge in [0.05, 0.1) is 5.56 Å². The molecule has 26 heavy (non-hydrogen) atoms. The number of benzene rings is 1. The van der Waals surface area contributed by atoms with Crippen molar-refractivity contribution < 1.29 is 4.79 Å². The molecule has 0 saturated carbocycles. The second kappa shape index (κ2) is 6.90. The molecule has 0 aliphatic rings. The first-order valence-corrected chi connectivity index (χ1v) is 8.95. The quantitative estimate of drug-likeness (QED) is 0.465. The number of nitrogens with one attached hydrogen (secondary N) is 1. The SMILES string of the molecule is O=C(Nc1c(-c2ccccc2)nc2ccccn12)c1cc(Br)cnc1Cl. The van der Waals surface area contributed by atoms with E-state index in [0.29, 0.717) is 16.0 Å². The maximum absolute atomic E-state index is 12.8. The molecule has 0 bridgehead atoms. The standard InChI is InChI=1S/C19H12BrClN4O/c20-13-10-14(17(21)22-11-13)19(26)24-18-16(12-6-2-1-3-7-12)23-15-8-4-5-9-25(15)18/h1-11H,(H,24,26). The van der Waals surface area contributed by atoms with Crippen molar-refractivity contribution in [1.29, 1.82) is 0 Å². The summed E-state index contributed by atoms with van der Waals surface area (Å²) in [5.74, 6) is 0.222. The van der Waals surface area contributed by atoms with Gasteiger partial charge >= 0.3 is 0 Å². The fourth-order valence-corrected chi connectivity index (χ4v) is 3.19. The molecule has 0 aliphatic heterocycles. The Morgan fingerprint density at radius 2 is 1.88 bits per heavy atom. The number of pyridine rings is 2. The van der Waals surface area contributed by atoms with Crippen LogP contribution < -0.4 is 5.32 Å². The van der Waals surface area contributed by atoms with Gasteiger partial charge in [-0.15, -0.1) is 0 Å². The molecule has 128 valence electrons. The molecule has 0 unspecified atom stereocenters.